The van der Waals surface area contributed by atoms with E-state index in [0.29, 0.717) is 44.3 Å². The lowest BCUT2D eigenvalue weighted by atomic mass is 9.92. The SMILES string of the molecule is N#Cc1ccc(-c2ccc3c(c2)c2cc(-c4ccc(C#N)cc4)ccc2n3-c2cc(C#N)cc(-n3c4ccc(-c5ccc(C#N)cc5)cc4c4cc(-c5ccc(C#N)cc5)ccc43)c2-c2ccc(C#N)cc2C(F)(F)F)cc1. The van der Waals surface area contributed by atoms with Crippen LogP contribution in [-0.2, 0) is 6.18 Å². The summed E-state index contributed by atoms with van der Waals surface area (Å²) < 4.78 is 51.6. The number of halogens is 3. The van der Waals surface area contributed by atoms with Crippen molar-refractivity contribution in [3.63, 3.8) is 0 Å². The lowest BCUT2D eigenvalue weighted by Crippen LogP contribution is -2.11. The molecule has 2 aromatic heterocycles. The largest absolute Gasteiger partial charge is 0.417 e. The predicted molar refractivity (Wildman–Crippen MR) is 296 cm³/mol. The van der Waals surface area contributed by atoms with Crippen molar-refractivity contribution in [1.82, 2.24) is 9.13 Å². The Kier molecular flexibility index (Phi) is 11.4. The van der Waals surface area contributed by atoms with Crippen molar-refractivity contribution in [2.24, 2.45) is 0 Å². The van der Waals surface area contributed by atoms with E-state index in [1.54, 1.807) is 60.7 Å². The summed E-state index contributed by atoms with van der Waals surface area (Å²) in [6, 6.07) is 71.8. The minimum atomic E-state index is -4.95. The van der Waals surface area contributed by atoms with Gasteiger partial charge in [0.05, 0.1) is 109 Å². The first kappa shape index (κ1) is 47.5. The van der Waals surface area contributed by atoms with Crippen LogP contribution in [0.25, 0.3) is 111 Å². The Morgan fingerprint density at radius 2 is 0.551 bits per heavy atom. The fraction of sp³-hybridized carbons (Fsp3) is 0.0149. The molecule has 8 nitrogen and oxygen atoms in total. The lowest BCUT2D eigenvalue weighted by molar-refractivity contribution is -0.137. The van der Waals surface area contributed by atoms with Crippen LogP contribution in [0.15, 0.2) is 200 Å². The van der Waals surface area contributed by atoms with Crippen LogP contribution >= 0.6 is 0 Å². The van der Waals surface area contributed by atoms with E-state index < -0.39 is 11.7 Å². The molecule has 0 aliphatic heterocycles. The lowest BCUT2D eigenvalue weighted by Gasteiger charge is -2.23. The summed E-state index contributed by atoms with van der Waals surface area (Å²) in [5.74, 6) is 0. The van der Waals surface area contributed by atoms with Crippen LogP contribution in [-0.4, -0.2) is 9.13 Å². The van der Waals surface area contributed by atoms with Crippen molar-refractivity contribution in [2.75, 3.05) is 0 Å². The molecule has 0 amide bonds. The number of aromatic nitrogens is 2. The molecule has 0 bridgehead atoms. The normalized spacial score (nSPS) is 11.2. The third kappa shape index (κ3) is 8.08. The van der Waals surface area contributed by atoms with Crippen molar-refractivity contribution in [3.05, 3.63) is 239 Å². The van der Waals surface area contributed by atoms with Gasteiger partial charge >= 0.3 is 6.18 Å². The number of rotatable bonds is 7. The Bertz CT molecular complexity index is 4260. The molecule has 11 heteroatoms. The van der Waals surface area contributed by atoms with Gasteiger partial charge < -0.3 is 9.13 Å². The van der Waals surface area contributed by atoms with Crippen LogP contribution in [0.2, 0.25) is 0 Å². The molecule has 10 aromatic carbocycles. The number of benzene rings is 10. The van der Waals surface area contributed by atoms with Crippen molar-refractivity contribution < 1.29 is 13.2 Å². The third-order valence-electron chi connectivity index (χ3n) is 14.4. The fourth-order valence-corrected chi connectivity index (χ4v) is 10.6. The van der Waals surface area contributed by atoms with Crippen LogP contribution in [0.4, 0.5) is 13.2 Å². The summed E-state index contributed by atoms with van der Waals surface area (Å²) in [6.07, 6.45) is -4.95. The second kappa shape index (κ2) is 18.8. The molecular weight excluding hydrogens is 974 g/mol. The van der Waals surface area contributed by atoms with Gasteiger partial charge in [-0.25, -0.2) is 0 Å². The first-order valence-corrected chi connectivity index (χ1v) is 24.4. The average Bonchev–Trinajstić information content (AvgIpc) is 4.21. The van der Waals surface area contributed by atoms with E-state index in [-0.39, 0.29) is 33.6 Å². The summed E-state index contributed by atoms with van der Waals surface area (Å²) in [5, 5.41) is 62.5. The summed E-state index contributed by atoms with van der Waals surface area (Å²) in [4.78, 5) is 0. The number of nitriles is 6. The average molecular weight is 1010 g/mol. The molecule has 2 heterocycles. The molecule has 0 radical (unpaired) electrons. The maximum atomic E-state index is 15.9. The van der Waals surface area contributed by atoms with Crippen molar-refractivity contribution in [1.29, 1.82) is 31.6 Å². The standard InChI is InChI=1S/C67H33F3N8/c68-67(69,70)59-27-44(38-75)9-22-54(59)66-64(77-60-23-18-50(46-10-1-40(34-71)2-11-46)30-55(60)56-31-51(19-24-61(56)77)47-12-3-41(35-72)4-13-47)28-45(39-76)29-65(66)78-62-25-20-52(48-14-5-42(36-73)6-15-48)32-57(62)58-33-53(21-26-63(58)78)49-16-7-43(37-74)8-17-49/h1-33H. The zero-order valence-electron chi connectivity index (χ0n) is 40.8. The van der Waals surface area contributed by atoms with Crippen molar-refractivity contribution >= 4 is 43.6 Å². The van der Waals surface area contributed by atoms with Gasteiger partial charge in [0.1, 0.15) is 0 Å². The van der Waals surface area contributed by atoms with Gasteiger partial charge in [-0.1, -0.05) is 78.9 Å². The molecule has 362 valence electrons. The number of hydrogen-bond donors (Lipinski definition) is 0. The molecule has 0 fully saturated rings. The topological polar surface area (TPSA) is 153 Å². The highest BCUT2D eigenvalue weighted by Crippen LogP contribution is 2.48. The highest BCUT2D eigenvalue weighted by molar-refractivity contribution is 6.14. The molecule has 0 N–H and O–H groups in total. The fourth-order valence-electron chi connectivity index (χ4n) is 10.6. The second-order valence-electron chi connectivity index (χ2n) is 18.7. The Morgan fingerprint density at radius 1 is 0.282 bits per heavy atom. The van der Waals surface area contributed by atoms with E-state index in [1.807, 2.05) is 137 Å². The summed E-state index contributed by atoms with van der Waals surface area (Å²) in [7, 11) is 0. The minimum Gasteiger partial charge on any atom is -0.308 e. The number of fused-ring (bicyclic) bond motifs is 6. The first-order valence-electron chi connectivity index (χ1n) is 24.4. The number of hydrogen-bond acceptors (Lipinski definition) is 6. The highest BCUT2D eigenvalue weighted by Gasteiger charge is 2.36. The van der Waals surface area contributed by atoms with E-state index in [2.05, 4.69) is 30.3 Å². The van der Waals surface area contributed by atoms with E-state index in [1.165, 1.54) is 12.1 Å². The van der Waals surface area contributed by atoms with Crippen LogP contribution in [0.5, 0.6) is 0 Å². The third-order valence-corrected chi connectivity index (χ3v) is 14.4. The smallest absolute Gasteiger partial charge is 0.308 e. The maximum Gasteiger partial charge on any atom is 0.417 e. The van der Waals surface area contributed by atoms with Gasteiger partial charge in [-0.15, -0.1) is 0 Å². The van der Waals surface area contributed by atoms with Crippen molar-refractivity contribution in [3.8, 4) is 103 Å². The molecule has 12 rings (SSSR count). The molecule has 12 aromatic rings. The number of nitrogens with zero attached hydrogens (tertiary/aromatic N) is 8. The van der Waals surface area contributed by atoms with Crippen LogP contribution in [0.3, 0.4) is 0 Å². The molecular formula is C67H33F3N8. The first-order chi connectivity index (χ1) is 38.0. The quantitative estimate of drug-likeness (QED) is 0.155. The van der Waals surface area contributed by atoms with Crippen LogP contribution in [0.1, 0.15) is 38.9 Å². The van der Waals surface area contributed by atoms with Gasteiger partial charge in [0.2, 0.25) is 0 Å². The zero-order chi connectivity index (χ0) is 53.8. The van der Waals surface area contributed by atoms with Gasteiger partial charge in [0.15, 0.2) is 0 Å². The molecule has 78 heavy (non-hydrogen) atoms. The van der Waals surface area contributed by atoms with E-state index in [9.17, 15) is 31.6 Å². The Morgan fingerprint density at radius 3 is 0.821 bits per heavy atom. The monoisotopic (exact) mass is 1010 g/mol. The van der Waals surface area contributed by atoms with Gasteiger partial charge in [-0.3, -0.25) is 0 Å². The Balaban J connectivity index is 1.21. The van der Waals surface area contributed by atoms with Crippen LogP contribution in [0, 0.1) is 68.0 Å². The Hall–Kier alpha value is -11.5. The predicted octanol–water partition coefficient (Wildman–Crippen LogP) is 16.5. The summed E-state index contributed by atoms with van der Waals surface area (Å²) >= 11 is 0. The van der Waals surface area contributed by atoms with E-state index >= 15 is 13.2 Å². The van der Waals surface area contributed by atoms with E-state index in [4.69, 9.17) is 0 Å². The summed E-state index contributed by atoms with van der Waals surface area (Å²) in [6.45, 7) is 0. The van der Waals surface area contributed by atoms with Crippen LogP contribution < -0.4 is 0 Å². The van der Waals surface area contributed by atoms with Gasteiger partial charge in [0.25, 0.3) is 0 Å². The van der Waals surface area contributed by atoms with E-state index in [0.717, 1.165) is 72.1 Å². The molecule has 0 atom stereocenters. The second-order valence-corrected chi connectivity index (χ2v) is 18.7. The molecule has 0 saturated carbocycles. The molecule has 0 aliphatic rings. The number of alkyl halides is 3. The molecule has 0 saturated heterocycles. The maximum absolute atomic E-state index is 15.9. The van der Waals surface area contributed by atoms with Gasteiger partial charge in [-0.05, 0) is 171 Å². The Labute approximate surface area is 444 Å². The highest BCUT2D eigenvalue weighted by atomic mass is 19.4. The summed E-state index contributed by atoms with van der Waals surface area (Å²) in [5.41, 5.74) is 10.4. The molecule has 0 unspecified atom stereocenters. The zero-order valence-corrected chi connectivity index (χ0v) is 40.8. The minimum absolute atomic E-state index is 0.128. The van der Waals surface area contributed by atoms with Gasteiger partial charge in [-0.2, -0.15) is 44.7 Å². The van der Waals surface area contributed by atoms with Gasteiger partial charge in [0, 0.05) is 27.1 Å². The molecule has 0 spiro atoms. The van der Waals surface area contributed by atoms with Crippen molar-refractivity contribution in [2.45, 2.75) is 6.18 Å². The molecule has 0 aliphatic carbocycles.